The summed E-state index contributed by atoms with van der Waals surface area (Å²) in [5.74, 6) is -1.25. The van der Waals surface area contributed by atoms with Gasteiger partial charge in [0.15, 0.2) is 0 Å². The lowest BCUT2D eigenvalue weighted by Gasteiger charge is -2.26. The molecular formula is C29H29NO4. The van der Waals surface area contributed by atoms with Gasteiger partial charge in [0, 0.05) is 19.2 Å². The number of benzene rings is 3. The Morgan fingerprint density at radius 3 is 2.53 bits per heavy atom. The molecular weight excluding hydrogens is 426 g/mol. The highest BCUT2D eigenvalue weighted by molar-refractivity contribution is 5.97. The van der Waals surface area contributed by atoms with E-state index >= 15 is 0 Å². The molecule has 34 heavy (non-hydrogen) atoms. The molecule has 2 unspecified atom stereocenters. The minimum Gasteiger partial charge on any atom is -0.478 e. The molecule has 1 aliphatic carbocycles. The normalized spacial score (nSPS) is 15.4. The number of ether oxygens (including phenoxy) is 1. The summed E-state index contributed by atoms with van der Waals surface area (Å²) >= 11 is 0. The predicted octanol–water partition coefficient (Wildman–Crippen LogP) is 5.86. The fourth-order valence-electron chi connectivity index (χ4n) is 4.71. The van der Waals surface area contributed by atoms with Gasteiger partial charge in [-0.25, -0.2) is 4.79 Å². The Hall–Kier alpha value is -3.70. The van der Waals surface area contributed by atoms with Crippen molar-refractivity contribution in [1.82, 2.24) is 0 Å². The second-order valence-electron chi connectivity index (χ2n) is 8.68. The number of methoxy groups -OCH3 is 1. The van der Waals surface area contributed by atoms with Crippen molar-refractivity contribution >= 4 is 23.6 Å². The Labute approximate surface area is 200 Å². The molecule has 1 aliphatic rings. The van der Waals surface area contributed by atoms with E-state index in [1.807, 2.05) is 42.5 Å². The molecule has 0 saturated heterocycles. The maximum Gasteiger partial charge on any atom is 0.335 e. The number of carboxylic acid groups (broad SMARTS) is 1. The number of hydrogen-bond acceptors (Lipinski definition) is 3. The molecule has 5 heteroatoms. The van der Waals surface area contributed by atoms with Crippen LogP contribution in [0.4, 0.5) is 5.69 Å². The minimum absolute atomic E-state index is 0.143. The molecule has 4 rings (SSSR count). The smallest absolute Gasteiger partial charge is 0.335 e. The van der Waals surface area contributed by atoms with Crippen LogP contribution in [0.5, 0.6) is 0 Å². The maximum absolute atomic E-state index is 13.6. The Kier molecular flexibility index (Phi) is 7.24. The van der Waals surface area contributed by atoms with Gasteiger partial charge in [0.05, 0.1) is 18.1 Å². The van der Waals surface area contributed by atoms with Gasteiger partial charge < -0.3 is 15.2 Å². The van der Waals surface area contributed by atoms with Gasteiger partial charge in [0.1, 0.15) is 0 Å². The van der Waals surface area contributed by atoms with Crippen LogP contribution in [0.2, 0.25) is 0 Å². The molecule has 0 radical (unpaired) electrons. The topological polar surface area (TPSA) is 75.6 Å². The first kappa shape index (κ1) is 23.5. The highest BCUT2D eigenvalue weighted by atomic mass is 16.5. The second kappa shape index (κ2) is 10.5. The average Bonchev–Trinajstić information content (AvgIpc) is 2.84. The number of hydrogen-bond donors (Lipinski definition) is 2. The van der Waals surface area contributed by atoms with Crippen LogP contribution in [-0.2, 0) is 16.0 Å². The number of carbonyl (C=O) groups excluding carboxylic acids is 1. The summed E-state index contributed by atoms with van der Waals surface area (Å²) < 4.78 is 5.47. The standard InChI is InChI=1S/C29H29NO4/c1-19-9-7-12-20-13-8-15-24(27(19)20)25(18-34-2)28(31)30-26-16-6-4-11-22(26)17-21-10-3-5-14-23(21)29(32)33/h3-8,10-16,19,25H,9,17-18H2,1-2H3,(H,30,31)(H,32,33). The molecule has 0 spiro atoms. The third-order valence-corrected chi connectivity index (χ3v) is 6.38. The van der Waals surface area contributed by atoms with E-state index in [0.717, 1.165) is 23.1 Å². The fraction of sp³-hybridized carbons (Fsp3) is 0.241. The summed E-state index contributed by atoms with van der Waals surface area (Å²) in [7, 11) is 1.61. The van der Waals surface area contributed by atoms with Gasteiger partial charge in [-0.1, -0.05) is 73.7 Å². The van der Waals surface area contributed by atoms with Gasteiger partial charge in [-0.15, -0.1) is 0 Å². The van der Waals surface area contributed by atoms with Crippen LogP contribution in [0.25, 0.3) is 6.08 Å². The van der Waals surface area contributed by atoms with E-state index < -0.39 is 11.9 Å². The van der Waals surface area contributed by atoms with Gasteiger partial charge >= 0.3 is 5.97 Å². The minimum atomic E-state index is -0.964. The monoisotopic (exact) mass is 455 g/mol. The predicted molar refractivity (Wildman–Crippen MR) is 134 cm³/mol. The van der Waals surface area contributed by atoms with Gasteiger partial charge in [-0.05, 0) is 52.3 Å². The van der Waals surface area contributed by atoms with E-state index in [2.05, 4.69) is 30.5 Å². The Bertz CT molecular complexity index is 1230. The molecule has 5 nitrogen and oxygen atoms in total. The molecule has 3 aromatic carbocycles. The number of aromatic carboxylic acids is 1. The summed E-state index contributed by atoms with van der Waals surface area (Å²) in [6.45, 7) is 2.45. The molecule has 0 aliphatic heterocycles. The number of carbonyl (C=O) groups is 2. The highest BCUT2D eigenvalue weighted by Gasteiger charge is 2.27. The van der Waals surface area contributed by atoms with Gasteiger partial charge in [0.25, 0.3) is 0 Å². The van der Waals surface area contributed by atoms with E-state index in [9.17, 15) is 14.7 Å². The first-order valence-corrected chi connectivity index (χ1v) is 11.5. The third-order valence-electron chi connectivity index (χ3n) is 6.38. The van der Waals surface area contributed by atoms with Crippen LogP contribution in [0.15, 0.2) is 72.8 Å². The zero-order chi connectivity index (χ0) is 24.1. The lowest BCUT2D eigenvalue weighted by atomic mass is 9.81. The van der Waals surface area contributed by atoms with Crippen molar-refractivity contribution in [3.05, 3.63) is 106 Å². The molecule has 2 atom stereocenters. The molecule has 0 bridgehead atoms. The number of para-hydroxylation sites is 1. The van der Waals surface area contributed by atoms with Crippen molar-refractivity contribution in [3.8, 4) is 0 Å². The molecule has 174 valence electrons. The molecule has 0 aromatic heterocycles. The molecule has 1 amide bonds. The van der Waals surface area contributed by atoms with Crippen LogP contribution in [-0.4, -0.2) is 30.7 Å². The Morgan fingerprint density at radius 2 is 1.76 bits per heavy atom. The second-order valence-corrected chi connectivity index (χ2v) is 8.68. The van der Waals surface area contributed by atoms with E-state index in [0.29, 0.717) is 23.6 Å². The number of carboxylic acids is 1. The van der Waals surface area contributed by atoms with Gasteiger partial charge in [0.2, 0.25) is 5.91 Å². The number of allylic oxidation sites excluding steroid dienone is 1. The van der Waals surface area contributed by atoms with E-state index in [1.54, 1.807) is 25.3 Å². The molecule has 2 N–H and O–H groups in total. The molecule has 3 aromatic rings. The number of nitrogens with one attached hydrogen (secondary N) is 1. The average molecular weight is 456 g/mol. The summed E-state index contributed by atoms with van der Waals surface area (Å²) in [6.07, 6.45) is 5.64. The molecule has 0 fully saturated rings. The van der Waals surface area contributed by atoms with Crippen LogP contribution in [0.3, 0.4) is 0 Å². The Morgan fingerprint density at radius 1 is 1.03 bits per heavy atom. The van der Waals surface area contributed by atoms with Crippen molar-refractivity contribution < 1.29 is 19.4 Å². The van der Waals surface area contributed by atoms with Gasteiger partial charge in [-0.2, -0.15) is 0 Å². The number of amides is 1. The molecule has 0 heterocycles. The van der Waals surface area contributed by atoms with Crippen molar-refractivity contribution in [2.24, 2.45) is 0 Å². The van der Waals surface area contributed by atoms with Gasteiger partial charge in [-0.3, -0.25) is 4.79 Å². The van der Waals surface area contributed by atoms with Crippen LogP contribution in [0, 0.1) is 0 Å². The zero-order valence-electron chi connectivity index (χ0n) is 19.5. The van der Waals surface area contributed by atoms with Crippen molar-refractivity contribution in [3.63, 3.8) is 0 Å². The van der Waals surface area contributed by atoms with Crippen molar-refractivity contribution in [1.29, 1.82) is 0 Å². The fourth-order valence-corrected chi connectivity index (χ4v) is 4.71. The maximum atomic E-state index is 13.6. The summed E-state index contributed by atoms with van der Waals surface area (Å²) in [5.41, 5.74) is 5.82. The lowest BCUT2D eigenvalue weighted by Crippen LogP contribution is -2.27. The van der Waals surface area contributed by atoms with E-state index in [4.69, 9.17) is 4.74 Å². The van der Waals surface area contributed by atoms with E-state index in [-0.39, 0.29) is 18.1 Å². The summed E-state index contributed by atoms with van der Waals surface area (Å²) in [4.78, 5) is 25.2. The molecule has 0 saturated carbocycles. The van der Waals surface area contributed by atoms with E-state index in [1.165, 1.54) is 5.56 Å². The SMILES string of the molecule is COCC(C(=O)Nc1ccccc1Cc1ccccc1C(=O)O)c1cccc2c1C(C)CC=C2. The summed E-state index contributed by atoms with van der Waals surface area (Å²) in [6, 6.07) is 20.6. The van der Waals surface area contributed by atoms with Crippen molar-refractivity contribution in [2.45, 2.75) is 31.6 Å². The number of rotatable bonds is 8. The first-order valence-electron chi connectivity index (χ1n) is 11.5. The number of fused-ring (bicyclic) bond motifs is 1. The van der Waals surface area contributed by atoms with Crippen LogP contribution < -0.4 is 5.32 Å². The largest absolute Gasteiger partial charge is 0.478 e. The third kappa shape index (κ3) is 4.95. The quantitative estimate of drug-likeness (QED) is 0.446. The Balaban J connectivity index is 1.64. The highest BCUT2D eigenvalue weighted by Crippen LogP contribution is 2.36. The van der Waals surface area contributed by atoms with Crippen molar-refractivity contribution in [2.75, 3.05) is 19.0 Å². The van der Waals surface area contributed by atoms with Crippen LogP contribution >= 0.6 is 0 Å². The summed E-state index contributed by atoms with van der Waals surface area (Å²) in [5, 5.41) is 12.6. The first-order chi connectivity index (χ1) is 16.5. The van der Waals surface area contributed by atoms with Crippen LogP contribution in [0.1, 0.15) is 63.4 Å². The number of anilines is 1. The lowest BCUT2D eigenvalue weighted by molar-refractivity contribution is -0.118. The zero-order valence-corrected chi connectivity index (χ0v) is 19.5.